The van der Waals surface area contributed by atoms with Crippen LogP contribution in [0.15, 0.2) is 73.5 Å². The van der Waals surface area contributed by atoms with Crippen LogP contribution in [0.4, 0.5) is 33.2 Å². The van der Waals surface area contributed by atoms with Gasteiger partial charge in [-0.2, -0.15) is 4.98 Å². The van der Waals surface area contributed by atoms with Gasteiger partial charge >= 0.3 is 0 Å². The number of amides is 1. The number of aromatic nitrogens is 2. The van der Waals surface area contributed by atoms with Gasteiger partial charge in [-0.05, 0) is 60.9 Å². The maximum atomic E-state index is 14.4. The van der Waals surface area contributed by atoms with Gasteiger partial charge in [-0.3, -0.25) is 4.79 Å². The maximum absolute atomic E-state index is 14.4. The van der Waals surface area contributed by atoms with Crippen LogP contribution in [-0.4, -0.2) is 36.3 Å². The first-order valence-corrected chi connectivity index (χ1v) is 13.3. The molecule has 3 aromatic rings. The first-order chi connectivity index (χ1) is 17.1. The summed E-state index contributed by atoms with van der Waals surface area (Å²) in [6.07, 6.45) is 7.99. The fraction of sp³-hybridized carbons (Fsp3) is 0.160. The number of hydrogen-bond acceptors (Lipinski definition) is 7. The van der Waals surface area contributed by atoms with Crippen LogP contribution in [0.25, 0.3) is 0 Å². The zero-order valence-corrected chi connectivity index (χ0v) is 21.0. The quantitative estimate of drug-likeness (QED) is 0.225. The smallest absolute Gasteiger partial charge is 0.247 e. The van der Waals surface area contributed by atoms with Crippen molar-refractivity contribution >= 4 is 56.2 Å². The standard InChI is InChI=1S/C25H25ClFN5O3S/c1-3-23(33)29-18-9-7-10-19(15-18)30-24-22(27)16-28-25(32-24)31-20-11-12-21(26)17(14-20)8-5-4-6-13-36(2,34)35/h3-5,7,9-12,14-16H,1,6,8,13H2,2H3,(H,29,33)(H2,28,30,31,32)/b5-4+. The van der Waals surface area contributed by atoms with E-state index in [1.54, 1.807) is 42.5 Å². The van der Waals surface area contributed by atoms with Crippen molar-refractivity contribution in [2.45, 2.75) is 12.8 Å². The summed E-state index contributed by atoms with van der Waals surface area (Å²) in [6.45, 7) is 3.41. The summed E-state index contributed by atoms with van der Waals surface area (Å²) in [5, 5.41) is 9.11. The zero-order chi connectivity index (χ0) is 26.1. The number of benzene rings is 2. The van der Waals surface area contributed by atoms with Crippen molar-refractivity contribution in [3.8, 4) is 0 Å². The monoisotopic (exact) mass is 529 g/mol. The lowest BCUT2D eigenvalue weighted by molar-refractivity contribution is -0.111. The third-order valence-electron chi connectivity index (χ3n) is 4.78. The molecule has 0 radical (unpaired) electrons. The van der Waals surface area contributed by atoms with E-state index in [0.29, 0.717) is 34.9 Å². The van der Waals surface area contributed by atoms with E-state index in [1.807, 2.05) is 12.1 Å². The molecule has 0 unspecified atom stereocenters. The molecular formula is C25H25ClFN5O3S. The zero-order valence-electron chi connectivity index (χ0n) is 19.5. The van der Waals surface area contributed by atoms with E-state index < -0.39 is 15.7 Å². The number of nitrogens with one attached hydrogen (secondary N) is 3. The van der Waals surface area contributed by atoms with Crippen LogP contribution in [0.2, 0.25) is 5.02 Å². The molecule has 0 fully saturated rings. The number of halogens is 2. The molecule has 0 bridgehead atoms. The van der Waals surface area contributed by atoms with E-state index >= 15 is 0 Å². The average molecular weight is 530 g/mol. The van der Waals surface area contributed by atoms with Crippen molar-refractivity contribution in [1.29, 1.82) is 0 Å². The van der Waals surface area contributed by atoms with Crippen LogP contribution in [0.1, 0.15) is 12.0 Å². The summed E-state index contributed by atoms with van der Waals surface area (Å²) in [7, 11) is -3.01. The van der Waals surface area contributed by atoms with Crippen LogP contribution in [0.3, 0.4) is 0 Å². The van der Waals surface area contributed by atoms with E-state index in [-0.39, 0.29) is 23.4 Å². The molecule has 1 heterocycles. The maximum Gasteiger partial charge on any atom is 0.247 e. The predicted octanol–water partition coefficient (Wildman–Crippen LogP) is 5.41. The van der Waals surface area contributed by atoms with E-state index in [0.717, 1.165) is 17.8 Å². The third-order valence-corrected chi connectivity index (χ3v) is 6.13. The molecule has 0 spiro atoms. The van der Waals surface area contributed by atoms with E-state index in [2.05, 4.69) is 32.5 Å². The first kappa shape index (κ1) is 26.8. The van der Waals surface area contributed by atoms with Gasteiger partial charge in [0.2, 0.25) is 11.9 Å². The van der Waals surface area contributed by atoms with Gasteiger partial charge in [0, 0.05) is 28.3 Å². The Morgan fingerprint density at radius 1 is 1.11 bits per heavy atom. The molecule has 3 N–H and O–H groups in total. The van der Waals surface area contributed by atoms with Gasteiger partial charge in [0.05, 0.1) is 11.9 Å². The van der Waals surface area contributed by atoms with E-state index in [4.69, 9.17) is 11.6 Å². The van der Waals surface area contributed by atoms with Gasteiger partial charge in [-0.25, -0.2) is 17.8 Å². The largest absolute Gasteiger partial charge is 0.338 e. The Morgan fingerprint density at radius 2 is 1.86 bits per heavy atom. The number of hydrogen-bond donors (Lipinski definition) is 3. The van der Waals surface area contributed by atoms with Crippen LogP contribution >= 0.6 is 11.6 Å². The fourth-order valence-corrected chi connectivity index (χ4v) is 3.83. The van der Waals surface area contributed by atoms with Crippen LogP contribution < -0.4 is 16.0 Å². The Labute approximate surface area is 214 Å². The van der Waals surface area contributed by atoms with Crippen molar-refractivity contribution in [1.82, 2.24) is 9.97 Å². The predicted molar refractivity (Wildman–Crippen MR) is 142 cm³/mol. The van der Waals surface area contributed by atoms with Gasteiger partial charge < -0.3 is 16.0 Å². The van der Waals surface area contributed by atoms with Gasteiger partial charge in [-0.15, -0.1) is 0 Å². The molecule has 0 atom stereocenters. The highest BCUT2D eigenvalue weighted by Crippen LogP contribution is 2.25. The van der Waals surface area contributed by atoms with Gasteiger partial charge in [0.1, 0.15) is 9.84 Å². The highest BCUT2D eigenvalue weighted by Gasteiger charge is 2.10. The molecule has 0 aliphatic rings. The van der Waals surface area contributed by atoms with Crippen LogP contribution in [0.5, 0.6) is 0 Å². The molecule has 1 aromatic heterocycles. The highest BCUT2D eigenvalue weighted by molar-refractivity contribution is 7.90. The first-order valence-electron chi connectivity index (χ1n) is 10.8. The minimum absolute atomic E-state index is 0.0531. The molecule has 11 heteroatoms. The second kappa shape index (κ2) is 12.3. The lowest BCUT2D eigenvalue weighted by atomic mass is 10.1. The van der Waals surface area contributed by atoms with Gasteiger partial charge in [-0.1, -0.05) is 36.4 Å². The molecular weight excluding hydrogens is 505 g/mol. The van der Waals surface area contributed by atoms with Crippen molar-refractivity contribution in [3.05, 3.63) is 89.9 Å². The highest BCUT2D eigenvalue weighted by atomic mass is 35.5. The van der Waals surface area contributed by atoms with Crippen LogP contribution in [0, 0.1) is 5.82 Å². The van der Waals surface area contributed by atoms with Crippen molar-refractivity contribution < 1.29 is 17.6 Å². The fourth-order valence-electron chi connectivity index (χ4n) is 3.07. The minimum Gasteiger partial charge on any atom is -0.338 e. The Balaban J connectivity index is 1.71. The molecule has 3 rings (SSSR count). The summed E-state index contributed by atoms with van der Waals surface area (Å²) >= 11 is 6.29. The Morgan fingerprint density at radius 3 is 2.61 bits per heavy atom. The minimum atomic E-state index is -3.01. The Kier molecular flexibility index (Phi) is 9.15. The molecule has 1 amide bonds. The lowest BCUT2D eigenvalue weighted by Gasteiger charge is -2.11. The van der Waals surface area contributed by atoms with Crippen molar-refractivity contribution in [3.63, 3.8) is 0 Å². The number of carbonyl (C=O) groups is 1. The number of sulfone groups is 1. The van der Waals surface area contributed by atoms with E-state index in [9.17, 15) is 17.6 Å². The number of rotatable bonds is 11. The number of allylic oxidation sites excluding steroid dienone is 2. The molecule has 2 aromatic carbocycles. The molecule has 8 nitrogen and oxygen atoms in total. The van der Waals surface area contributed by atoms with Crippen molar-refractivity contribution in [2.75, 3.05) is 28.0 Å². The Hall–Kier alpha value is -3.76. The summed E-state index contributed by atoms with van der Waals surface area (Å²) in [4.78, 5) is 19.7. The summed E-state index contributed by atoms with van der Waals surface area (Å²) < 4.78 is 36.8. The van der Waals surface area contributed by atoms with Crippen LogP contribution in [-0.2, 0) is 21.1 Å². The van der Waals surface area contributed by atoms with Gasteiger partial charge in [0.15, 0.2) is 11.6 Å². The second-order valence-corrected chi connectivity index (χ2v) is 10.5. The van der Waals surface area contributed by atoms with Crippen molar-refractivity contribution in [2.24, 2.45) is 0 Å². The lowest BCUT2D eigenvalue weighted by Crippen LogP contribution is -2.07. The SMILES string of the molecule is C=CC(=O)Nc1cccc(Nc2nc(Nc3ccc(Cl)c(C/C=C/CCS(C)(=O)=O)c3)ncc2F)c1. The molecule has 0 saturated heterocycles. The summed E-state index contributed by atoms with van der Waals surface area (Å²) in [5.74, 6) is -0.824. The molecule has 188 valence electrons. The van der Waals surface area contributed by atoms with Gasteiger partial charge in [0.25, 0.3) is 0 Å². The number of carbonyl (C=O) groups excluding carboxylic acids is 1. The molecule has 36 heavy (non-hydrogen) atoms. The summed E-state index contributed by atoms with van der Waals surface area (Å²) in [5.41, 5.74) is 2.48. The second-order valence-electron chi connectivity index (χ2n) is 7.81. The normalized spacial score (nSPS) is 11.3. The molecule has 0 aliphatic heterocycles. The number of nitrogens with zero attached hydrogens (tertiary/aromatic N) is 2. The number of anilines is 5. The summed E-state index contributed by atoms with van der Waals surface area (Å²) in [6, 6.07) is 12.0. The average Bonchev–Trinajstić information content (AvgIpc) is 2.82. The van der Waals surface area contributed by atoms with E-state index in [1.165, 1.54) is 6.26 Å². The third kappa shape index (κ3) is 8.47. The Bertz CT molecular complexity index is 1400. The molecule has 0 saturated carbocycles. The topological polar surface area (TPSA) is 113 Å². The molecule has 0 aliphatic carbocycles.